The quantitative estimate of drug-likeness (QED) is 0.537. The first kappa shape index (κ1) is 20.7. The second-order valence-corrected chi connectivity index (χ2v) is 9.98. The van der Waals surface area contributed by atoms with E-state index in [0.29, 0.717) is 10.8 Å². The molecule has 8 heteroatoms. The largest absolute Gasteiger partial charge is 0.271 e. The van der Waals surface area contributed by atoms with E-state index >= 15 is 0 Å². The Morgan fingerprint density at radius 3 is 1.96 bits per heavy atom. The molecule has 0 radical (unpaired) electrons. The number of hydrogen-bond donors (Lipinski definition) is 0. The standard InChI is InChI=1S/C20H25ClN4O2S/c1-11(2)14-7-15(12(3)4)18(16(8-14)13(5)6)28(26,27)25-10-24-17-19(21)22-9-23-20(17)25/h7-13H,1-6H3. The van der Waals surface area contributed by atoms with Crippen molar-refractivity contribution in [2.45, 2.75) is 64.2 Å². The van der Waals surface area contributed by atoms with Gasteiger partial charge in [0.25, 0.3) is 10.0 Å². The smallest absolute Gasteiger partial charge is 0.231 e. The van der Waals surface area contributed by atoms with Crippen LogP contribution in [-0.2, 0) is 10.0 Å². The van der Waals surface area contributed by atoms with E-state index in [-0.39, 0.29) is 28.2 Å². The van der Waals surface area contributed by atoms with Gasteiger partial charge in [-0.3, -0.25) is 0 Å². The molecule has 150 valence electrons. The van der Waals surface area contributed by atoms with Gasteiger partial charge in [0, 0.05) is 0 Å². The summed E-state index contributed by atoms with van der Waals surface area (Å²) in [6.45, 7) is 12.3. The molecule has 6 nitrogen and oxygen atoms in total. The van der Waals surface area contributed by atoms with Gasteiger partial charge in [-0.05, 0) is 34.4 Å². The SMILES string of the molecule is CC(C)c1cc(C(C)C)c(S(=O)(=O)n2cnc3c(Cl)ncnc32)c(C(C)C)c1. The molecule has 2 heterocycles. The van der Waals surface area contributed by atoms with Crippen LogP contribution < -0.4 is 0 Å². The third kappa shape index (κ3) is 3.42. The van der Waals surface area contributed by atoms with Gasteiger partial charge in [-0.1, -0.05) is 65.3 Å². The fraction of sp³-hybridized carbons (Fsp3) is 0.450. The summed E-state index contributed by atoms with van der Waals surface area (Å²) in [7, 11) is -3.93. The third-order valence-electron chi connectivity index (χ3n) is 4.86. The summed E-state index contributed by atoms with van der Waals surface area (Å²) in [4.78, 5) is 12.5. The van der Waals surface area contributed by atoms with E-state index in [0.717, 1.165) is 20.7 Å². The molecular weight excluding hydrogens is 396 g/mol. The van der Waals surface area contributed by atoms with E-state index in [9.17, 15) is 8.42 Å². The van der Waals surface area contributed by atoms with Gasteiger partial charge < -0.3 is 0 Å². The predicted molar refractivity (Wildman–Crippen MR) is 112 cm³/mol. The van der Waals surface area contributed by atoms with Gasteiger partial charge in [-0.25, -0.2) is 27.3 Å². The van der Waals surface area contributed by atoms with Crippen molar-refractivity contribution in [3.63, 3.8) is 0 Å². The molecule has 0 spiro atoms. The number of halogens is 1. The molecule has 2 aromatic heterocycles. The summed E-state index contributed by atoms with van der Waals surface area (Å²) < 4.78 is 28.7. The average Bonchev–Trinajstić information content (AvgIpc) is 3.06. The first-order valence-corrected chi connectivity index (χ1v) is 11.1. The molecule has 0 saturated carbocycles. The topological polar surface area (TPSA) is 77.7 Å². The molecule has 28 heavy (non-hydrogen) atoms. The first-order valence-electron chi connectivity index (χ1n) is 9.32. The minimum Gasteiger partial charge on any atom is -0.231 e. The number of aromatic nitrogens is 4. The fourth-order valence-electron chi connectivity index (χ4n) is 3.25. The number of imidazole rings is 1. The lowest BCUT2D eigenvalue weighted by Crippen LogP contribution is -2.19. The number of benzene rings is 1. The second kappa shape index (κ2) is 7.44. The Bertz CT molecular complexity index is 1110. The van der Waals surface area contributed by atoms with E-state index in [1.165, 1.54) is 12.7 Å². The van der Waals surface area contributed by atoms with Crippen LogP contribution in [0.15, 0.2) is 29.7 Å². The van der Waals surface area contributed by atoms with Gasteiger partial charge in [0.2, 0.25) is 0 Å². The zero-order valence-corrected chi connectivity index (χ0v) is 18.5. The second-order valence-electron chi connectivity index (χ2n) is 7.87. The van der Waals surface area contributed by atoms with Gasteiger partial charge in [-0.15, -0.1) is 0 Å². The lowest BCUT2D eigenvalue weighted by Gasteiger charge is -2.23. The maximum absolute atomic E-state index is 13.8. The van der Waals surface area contributed by atoms with Crippen molar-refractivity contribution in [2.24, 2.45) is 0 Å². The van der Waals surface area contributed by atoms with Crippen LogP contribution >= 0.6 is 11.6 Å². The summed E-state index contributed by atoms with van der Waals surface area (Å²) in [6.07, 6.45) is 2.50. The molecule has 0 aliphatic carbocycles. The highest BCUT2D eigenvalue weighted by Crippen LogP contribution is 2.36. The summed E-state index contributed by atoms with van der Waals surface area (Å²) >= 11 is 6.06. The molecule has 0 N–H and O–H groups in total. The van der Waals surface area contributed by atoms with Crippen LogP contribution in [0.5, 0.6) is 0 Å². The van der Waals surface area contributed by atoms with Crippen LogP contribution in [0.1, 0.15) is 76.0 Å². The number of hydrogen-bond acceptors (Lipinski definition) is 5. The summed E-state index contributed by atoms with van der Waals surface area (Å²) in [5, 5.41) is 0.127. The Labute approximate surface area is 171 Å². The summed E-state index contributed by atoms with van der Waals surface area (Å²) in [5.41, 5.74) is 3.18. The van der Waals surface area contributed by atoms with Crippen LogP contribution in [0.25, 0.3) is 11.2 Å². The van der Waals surface area contributed by atoms with E-state index in [1.54, 1.807) is 0 Å². The van der Waals surface area contributed by atoms with Gasteiger partial charge in [-0.2, -0.15) is 0 Å². The Hall–Kier alpha value is -1.99. The molecule has 3 aromatic rings. The lowest BCUT2D eigenvalue weighted by atomic mass is 9.89. The number of rotatable bonds is 5. The molecule has 0 aliphatic rings. The third-order valence-corrected chi connectivity index (χ3v) is 6.90. The molecular formula is C20H25ClN4O2S. The Morgan fingerprint density at radius 1 is 0.893 bits per heavy atom. The van der Waals surface area contributed by atoms with Gasteiger partial charge >= 0.3 is 0 Å². The molecule has 0 atom stereocenters. The van der Waals surface area contributed by atoms with Crippen LogP contribution in [0.3, 0.4) is 0 Å². The van der Waals surface area contributed by atoms with Crippen molar-refractivity contribution in [3.8, 4) is 0 Å². The number of nitrogens with zero attached hydrogens (tertiary/aromatic N) is 4. The molecule has 3 rings (SSSR count). The van der Waals surface area contributed by atoms with Crippen molar-refractivity contribution in [1.29, 1.82) is 0 Å². The average molecular weight is 421 g/mol. The van der Waals surface area contributed by atoms with Crippen LogP contribution in [0.2, 0.25) is 5.15 Å². The van der Waals surface area contributed by atoms with Crippen molar-refractivity contribution in [1.82, 2.24) is 18.9 Å². The molecule has 0 amide bonds. The summed E-state index contributed by atoms with van der Waals surface area (Å²) in [5.74, 6) is 0.371. The van der Waals surface area contributed by atoms with Gasteiger partial charge in [0.05, 0.1) is 4.90 Å². The van der Waals surface area contributed by atoms with Crippen molar-refractivity contribution in [3.05, 3.63) is 46.6 Å². The monoisotopic (exact) mass is 420 g/mol. The van der Waals surface area contributed by atoms with Crippen LogP contribution in [-0.4, -0.2) is 27.3 Å². The maximum Gasteiger partial charge on any atom is 0.271 e. The minimum absolute atomic E-state index is 0.0361. The molecule has 0 bridgehead atoms. The highest BCUT2D eigenvalue weighted by atomic mass is 35.5. The van der Waals surface area contributed by atoms with Crippen LogP contribution in [0, 0.1) is 0 Å². The maximum atomic E-state index is 13.8. The highest BCUT2D eigenvalue weighted by molar-refractivity contribution is 7.90. The molecule has 1 aromatic carbocycles. The van der Waals surface area contributed by atoms with Crippen molar-refractivity contribution < 1.29 is 8.42 Å². The van der Waals surface area contributed by atoms with Gasteiger partial charge in [0.15, 0.2) is 10.8 Å². The minimum atomic E-state index is -3.93. The number of fused-ring (bicyclic) bond motifs is 1. The molecule has 0 unspecified atom stereocenters. The fourth-order valence-corrected chi connectivity index (χ4v) is 5.34. The Kier molecular flexibility index (Phi) is 5.51. The van der Waals surface area contributed by atoms with Gasteiger partial charge in [0.1, 0.15) is 18.2 Å². The predicted octanol–water partition coefficient (Wildman–Crippen LogP) is 5.09. The van der Waals surface area contributed by atoms with Crippen LogP contribution in [0.4, 0.5) is 0 Å². The van der Waals surface area contributed by atoms with E-state index in [1.807, 2.05) is 39.8 Å². The zero-order chi connectivity index (χ0) is 20.8. The van der Waals surface area contributed by atoms with Crippen molar-refractivity contribution >= 4 is 32.8 Å². The van der Waals surface area contributed by atoms with E-state index in [2.05, 4.69) is 28.8 Å². The Balaban J connectivity index is 2.39. The van der Waals surface area contributed by atoms with Crippen molar-refractivity contribution in [2.75, 3.05) is 0 Å². The molecule has 0 fully saturated rings. The van der Waals surface area contributed by atoms with E-state index in [4.69, 9.17) is 11.6 Å². The molecule has 0 aliphatic heterocycles. The molecule has 0 saturated heterocycles. The first-order chi connectivity index (χ1) is 13.1. The highest BCUT2D eigenvalue weighted by Gasteiger charge is 2.30. The zero-order valence-electron chi connectivity index (χ0n) is 16.9. The lowest BCUT2D eigenvalue weighted by molar-refractivity contribution is 0.582. The van der Waals surface area contributed by atoms with E-state index < -0.39 is 10.0 Å². The normalized spacial score (nSPS) is 12.6. The Morgan fingerprint density at radius 2 is 1.46 bits per heavy atom. The summed E-state index contributed by atoms with van der Waals surface area (Å²) in [6, 6.07) is 4.02.